The molecular weight excluding hydrogens is 536 g/mol. The normalized spacial score (nSPS) is 16.8. The molecule has 0 aliphatic heterocycles. The second-order valence-corrected chi connectivity index (χ2v) is 9.79. The monoisotopic (exact) mass is 582 g/mol. The molecule has 3 aliphatic carbocycles. The number of ether oxygens (including phenoxy) is 6. The van der Waals surface area contributed by atoms with Gasteiger partial charge in [-0.2, -0.15) is 0 Å². The first-order valence-corrected chi connectivity index (χ1v) is 14.4. The van der Waals surface area contributed by atoms with Gasteiger partial charge in [-0.25, -0.2) is 0 Å². The number of esters is 2. The minimum atomic E-state index is -0.147. The van der Waals surface area contributed by atoms with Crippen LogP contribution in [0.1, 0.15) is 57.8 Å². The van der Waals surface area contributed by atoms with Crippen molar-refractivity contribution >= 4 is 28.8 Å². The van der Waals surface area contributed by atoms with Gasteiger partial charge in [0.05, 0.1) is 77.9 Å². The van der Waals surface area contributed by atoms with Crippen LogP contribution >= 0.6 is 11.6 Å². The van der Waals surface area contributed by atoms with Gasteiger partial charge in [0.2, 0.25) is 5.24 Å². The molecule has 12 heteroatoms. The van der Waals surface area contributed by atoms with Crippen LogP contribution in [0.2, 0.25) is 0 Å². The van der Waals surface area contributed by atoms with Crippen molar-refractivity contribution in [1.29, 1.82) is 0 Å². The zero-order chi connectivity index (χ0) is 28.6. The number of halogens is 1. The fourth-order valence-electron chi connectivity index (χ4n) is 3.33. The van der Waals surface area contributed by atoms with E-state index in [-0.39, 0.29) is 48.1 Å². The summed E-state index contributed by atoms with van der Waals surface area (Å²) >= 11 is 5.14. The first kappa shape index (κ1) is 35.7. The van der Waals surface area contributed by atoms with Gasteiger partial charge in [0.15, 0.2) is 0 Å². The van der Waals surface area contributed by atoms with Crippen molar-refractivity contribution in [3.8, 4) is 0 Å². The average Bonchev–Trinajstić information content (AvgIpc) is 2.80. The topological polar surface area (TPSA) is 147 Å². The van der Waals surface area contributed by atoms with Gasteiger partial charge in [-0.3, -0.25) is 14.4 Å². The fraction of sp³-hybridized carbons (Fsp3) is 0.889. The second-order valence-electron chi connectivity index (χ2n) is 9.42. The van der Waals surface area contributed by atoms with Crippen molar-refractivity contribution in [2.45, 2.75) is 57.8 Å². The minimum Gasteiger partial charge on any atom is -0.463 e. The highest BCUT2D eigenvalue weighted by Crippen LogP contribution is 2.28. The zero-order valence-electron chi connectivity index (χ0n) is 23.0. The number of carbonyl (C=O) groups excluding carboxylic acids is 3. The summed E-state index contributed by atoms with van der Waals surface area (Å²) in [7, 11) is 0. The molecule has 0 aromatic carbocycles. The van der Waals surface area contributed by atoms with Crippen LogP contribution in [0.25, 0.3) is 0 Å². The lowest BCUT2D eigenvalue weighted by Gasteiger charge is -2.23. The van der Waals surface area contributed by atoms with Crippen molar-refractivity contribution in [3.05, 3.63) is 0 Å². The Morgan fingerprint density at radius 3 is 1.05 bits per heavy atom. The summed E-state index contributed by atoms with van der Waals surface area (Å²) in [5.74, 6) is 0.248. The van der Waals surface area contributed by atoms with Crippen molar-refractivity contribution < 1.29 is 53.0 Å². The average molecular weight is 583 g/mol. The molecular formula is C27H47ClO11. The molecule has 0 atom stereocenters. The largest absolute Gasteiger partial charge is 0.463 e. The number of hydrogen-bond donors (Lipinski definition) is 2. The van der Waals surface area contributed by atoms with Crippen molar-refractivity contribution in [2.24, 2.45) is 17.8 Å². The van der Waals surface area contributed by atoms with Crippen LogP contribution in [0.4, 0.5) is 0 Å². The maximum Gasteiger partial charge on any atom is 0.309 e. The van der Waals surface area contributed by atoms with E-state index in [0.29, 0.717) is 66.1 Å². The first-order valence-electron chi connectivity index (χ1n) is 14.0. The lowest BCUT2D eigenvalue weighted by atomic mass is 9.86. The summed E-state index contributed by atoms with van der Waals surface area (Å²) in [5, 5.41) is 16.4. The van der Waals surface area contributed by atoms with Crippen LogP contribution in [0.3, 0.4) is 0 Å². The van der Waals surface area contributed by atoms with Crippen molar-refractivity contribution in [1.82, 2.24) is 0 Å². The van der Waals surface area contributed by atoms with E-state index in [4.69, 9.17) is 50.2 Å². The lowest BCUT2D eigenvalue weighted by Crippen LogP contribution is -2.26. The summed E-state index contributed by atoms with van der Waals surface area (Å²) in [6.45, 7) is 3.99. The van der Waals surface area contributed by atoms with E-state index in [1.165, 1.54) is 6.42 Å². The predicted molar refractivity (Wildman–Crippen MR) is 142 cm³/mol. The van der Waals surface area contributed by atoms with E-state index < -0.39 is 0 Å². The summed E-state index contributed by atoms with van der Waals surface area (Å²) in [6.07, 6.45) is 9.30. The molecule has 0 unspecified atom stereocenters. The molecule has 0 heterocycles. The fourth-order valence-corrected chi connectivity index (χ4v) is 3.55. The van der Waals surface area contributed by atoms with E-state index in [9.17, 15) is 14.4 Å². The van der Waals surface area contributed by atoms with Gasteiger partial charge in [-0.05, 0) is 50.1 Å². The van der Waals surface area contributed by atoms with Gasteiger partial charge in [-0.1, -0.05) is 19.3 Å². The molecule has 0 spiro atoms. The standard InChI is InChI=1S/C16H26O6.C6H14O4.C5H7ClO/c17-15(13-3-1-4-13)21-11-9-19-7-8-20-10-12-22-16(18)14-5-2-6-14;7-1-3-9-5-6-10-4-2-8;6-5(7)4-2-1-3-4/h13-14H,1-12H2;7-8H,1-6H2;4H,1-3H2. The Balaban J connectivity index is 0.000000367. The van der Waals surface area contributed by atoms with Crippen molar-refractivity contribution in [3.63, 3.8) is 0 Å². The Morgan fingerprint density at radius 1 is 0.513 bits per heavy atom. The third-order valence-electron chi connectivity index (χ3n) is 6.46. The number of carbonyl (C=O) groups is 3. The molecule has 3 saturated carbocycles. The van der Waals surface area contributed by atoms with Crippen LogP contribution in [0.5, 0.6) is 0 Å². The maximum atomic E-state index is 11.4. The van der Waals surface area contributed by atoms with Crippen LogP contribution in [-0.2, 0) is 42.8 Å². The van der Waals surface area contributed by atoms with Crippen LogP contribution < -0.4 is 0 Å². The maximum absolute atomic E-state index is 11.4. The Morgan fingerprint density at radius 2 is 0.821 bits per heavy atom. The van der Waals surface area contributed by atoms with Gasteiger partial charge >= 0.3 is 11.9 Å². The van der Waals surface area contributed by atoms with Gasteiger partial charge in [0.1, 0.15) is 13.2 Å². The van der Waals surface area contributed by atoms with Crippen LogP contribution in [0, 0.1) is 17.8 Å². The number of hydrogen-bond acceptors (Lipinski definition) is 11. The molecule has 39 heavy (non-hydrogen) atoms. The van der Waals surface area contributed by atoms with Gasteiger partial charge < -0.3 is 38.6 Å². The highest BCUT2D eigenvalue weighted by Gasteiger charge is 2.27. The number of aliphatic hydroxyl groups is 2. The molecule has 11 nitrogen and oxygen atoms in total. The van der Waals surface area contributed by atoms with Crippen LogP contribution in [0.15, 0.2) is 0 Å². The summed E-state index contributed by atoms with van der Waals surface area (Å²) in [5.41, 5.74) is 0. The highest BCUT2D eigenvalue weighted by molar-refractivity contribution is 6.64. The Labute approximate surface area is 236 Å². The van der Waals surface area contributed by atoms with E-state index in [2.05, 4.69) is 0 Å². The Bertz CT molecular complexity index is 595. The van der Waals surface area contributed by atoms with Gasteiger partial charge in [0, 0.05) is 5.92 Å². The zero-order valence-corrected chi connectivity index (χ0v) is 23.8. The third kappa shape index (κ3) is 18.6. The molecule has 0 aromatic rings. The van der Waals surface area contributed by atoms with Gasteiger partial charge in [-0.15, -0.1) is 0 Å². The van der Waals surface area contributed by atoms with E-state index in [1.807, 2.05) is 0 Å². The molecule has 2 N–H and O–H groups in total. The molecule has 0 bridgehead atoms. The molecule has 3 aliphatic rings. The Kier molecular flexibility index (Phi) is 22.4. The summed E-state index contributed by atoms with van der Waals surface area (Å²) in [6, 6.07) is 0. The highest BCUT2D eigenvalue weighted by atomic mass is 35.5. The van der Waals surface area contributed by atoms with Gasteiger partial charge in [0.25, 0.3) is 0 Å². The molecule has 0 saturated heterocycles. The molecule has 0 radical (unpaired) electrons. The Hall–Kier alpha value is -1.34. The molecule has 3 fully saturated rings. The smallest absolute Gasteiger partial charge is 0.309 e. The quantitative estimate of drug-likeness (QED) is 0.131. The lowest BCUT2D eigenvalue weighted by molar-refractivity contribution is -0.154. The van der Waals surface area contributed by atoms with E-state index >= 15 is 0 Å². The van der Waals surface area contributed by atoms with E-state index in [0.717, 1.165) is 51.4 Å². The van der Waals surface area contributed by atoms with Crippen molar-refractivity contribution in [2.75, 3.05) is 79.3 Å². The predicted octanol–water partition coefficient (Wildman–Crippen LogP) is 2.26. The summed E-state index contributed by atoms with van der Waals surface area (Å²) in [4.78, 5) is 33.0. The molecule has 0 amide bonds. The molecule has 3 rings (SSSR count). The summed E-state index contributed by atoms with van der Waals surface area (Å²) < 4.78 is 30.5. The SMILES string of the molecule is O=C(Cl)C1CCC1.O=C(OCCOCCOCCOC(=O)C1CCC1)C1CCC1.OCCOCCOCCO. The first-order chi connectivity index (χ1) is 19.0. The minimum absolute atomic E-state index is 0.0417. The number of rotatable bonds is 19. The molecule has 0 aromatic heterocycles. The third-order valence-corrected chi connectivity index (χ3v) is 6.77. The second kappa shape index (κ2) is 24.5. The van der Waals surface area contributed by atoms with Crippen LogP contribution in [-0.4, -0.2) is 107 Å². The number of aliphatic hydroxyl groups excluding tert-OH is 2. The molecule has 228 valence electrons. The van der Waals surface area contributed by atoms with E-state index in [1.54, 1.807) is 0 Å².